The van der Waals surface area contributed by atoms with Crippen LogP contribution in [-0.2, 0) is 24.8 Å². The molecule has 3 aromatic carbocycles. The predicted octanol–water partition coefficient (Wildman–Crippen LogP) is 2.64. The number of aryl methyl sites for hydroxylation is 1. The Labute approximate surface area is 206 Å². The third-order valence-corrected chi connectivity index (χ3v) is 9.50. The summed E-state index contributed by atoms with van der Waals surface area (Å²) in [6.45, 7) is 2.47. The number of nitrogens with one attached hydrogen (secondary N) is 2. The number of fused-ring (bicyclic) bond motifs is 1. The lowest BCUT2D eigenvalue weighted by Crippen LogP contribution is -2.46. The van der Waals surface area contributed by atoms with Crippen molar-refractivity contribution in [1.82, 2.24) is 14.3 Å². The Balaban J connectivity index is 1.33. The van der Waals surface area contributed by atoms with Crippen molar-refractivity contribution < 1.29 is 21.6 Å². The molecule has 0 spiro atoms. The molecule has 8 nitrogen and oxygen atoms in total. The predicted molar refractivity (Wildman–Crippen MR) is 135 cm³/mol. The van der Waals surface area contributed by atoms with Crippen molar-refractivity contribution >= 4 is 36.7 Å². The molecule has 1 atom stereocenters. The first-order chi connectivity index (χ1) is 16.7. The number of carbonyl (C=O) groups excluding carboxylic acids is 1. The molecule has 0 unspecified atom stereocenters. The number of benzene rings is 3. The average Bonchev–Trinajstić information content (AvgIpc) is 2.86. The molecule has 1 fully saturated rings. The molecular weight excluding hydrogens is 486 g/mol. The summed E-state index contributed by atoms with van der Waals surface area (Å²) in [5, 5.41) is 4.53. The highest BCUT2D eigenvalue weighted by Crippen LogP contribution is 2.26. The SMILES string of the molecule is Cc1ccc(S(=O)(=O)NCCNC(=O)[C@H]2CCCN(S(=O)(=O)c3ccc4ccccc4c3)C2)cc1. The summed E-state index contributed by atoms with van der Waals surface area (Å²) in [6.07, 6.45) is 1.15. The van der Waals surface area contributed by atoms with Crippen LogP contribution >= 0.6 is 0 Å². The Morgan fingerprint density at radius 2 is 1.60 bits per heavy atom. The van der Waals surface area contributed by atoms with Gasteiger partial charge < -0.3 is 5.32 Å². The van der Waals surface area contributed by atoms with Crippen LogP contribution in [0.5, 0.6) is 0 Å². The molecule has 0 bridgehead atoms. The summed E-state index contributed by atoms with van der Waals surface area (Å²) >= 11 is 0. The van der Waals surface area contributed by atoms with Gasteiger partial charge in [0.05, 0.1) is 15.7 Å². The van der Waals surface area contributed by atoms with Crippen LogP contribution in [0, 0.1) is 12.8 Å². The monoisotopic (exact) mass is 515 g/mol. The first kappa shape index (κ1) is 25.3. The van der Waals surface area contributed by atoms with E-state index >= 15 is 0 Å². The molecule has 0 aliphatic carbocycles. The van der Waals surface area contributed by atoms with Crippen LogP contribution in [0.15, 0.2) is 76.5 Å². The van der Waals surface area contributed by atoms with E-state index in [-0.39, 0.29) is 35.3 Å². The minimum absolute atomic E-state index is 0.0355. The van der Waals surface area contributed by atoms with Gasteiger partial charge in [-0.25, -0.2) is 21.6 Å². The lowest BCUT2D eigenvalue weighted by atomic mass is 9.99. The number of carbonyl (C=O) groups is 1. The number of sulfonamides is 2. The van der Waals surface area contributed by atoms with Crippen molar-refractivity contribution in [3.8, 4) is 0 Å². The summed E-state index contributed by atoms with van der Waals surface area (Å²) in [4.78, 5) is 13.1. The number of amides is 1. The summed E-state index contributed by atoms with van der Waals surface area (Å²) in [5.41, 5.74) is 0.959. The Hall–Kier alpha value is -2.79. The summed E-state index contributed by atoms with van der Waals surface area (Å²) < 4.78 is 55.1. The molecule has 10 heteroatoms. The van der Waals surface area contributed by atoms with Gasteiger partial charge in [-0.1, -0.05) is 48.0 Å². The summed E-state index contributed by atoms with van der Waals surface area (Å²) in [7, 11) is -7.40. The molecule has 0 radical (unpaired) electrons. The molecule has 0 aromatic heterocycles. The smallest absolute Gasteiger partial charge is 0.243 e. The Morgan fingerprint density at radius 1 is 0.914 bits per heavy atom. The topological polar surface area (TPSA) is 113 Å². The van der Waals surface area contributed by atoms with E-state index < -0.39 is 26.0 Å². The zero-order chi connectivity index (χ0) is 25.1. The molecule has 0 saturated carbocycles. The van der Waals surface area contributed by atoms with Gasteiger partial charge in [0.15, 0.2) is 0 Å². The maximum atomic E-state index is 13.2. The summed E-state index contributed by atoms with van der Waals surface area (Å²) in [6, 6.07) is 19.1. The van der Waals surface area contributed by atoms with Crippen molar-refractivity contribution in [2.24, 2.45) is 5.92 Å². The van der Waals surface area contributed by atoms with Crippen LogP contribution in [0.4, 0.5) is 0 Å². The van der Waals surface area contributed by atoms with E-state index in [0.29, 0.717) is 19.4 Å². The van der Waals surface area contributed by atoms with Gasteiger partial charge in [-0.3, -0.25) is 4.79 Å². The second-order valence-electron chi connectivity index (χ2n) is 8.71. The highest BCUT2D eigenvalue weighted by Gasteiger charge is 2.33. The maximum absolute atomic E-state index is 13.2. The highest BCUT2D eigenvalue weighted by atomic mass is 32.2. The third kappa shape index (κ3) is 5.90. The first-order valence-electron chi connectivity index (χ1n) is 11.5. The quantitative estimate of drug-likeness (QED) is 0.448. The van der Waals surface area contributed by atoms with Gasteiger partial charge >= 0.3 is 0 Å². The first-order valence-corrected chi connectivity index (χ1v) is 14.4. The Kier molecular flexibility index (Phi) is 7.56. The van der Waals surface area contributed by atoms with Crippen molar-refractivity contribution in [2.75, 3.05) is 26.2 Å². The van der Waals surface area contributed by atoms with Gasteiger partial charge in [-0.05, 0) is 54.8 Å². The van der Waals surface area contributed by atoms with Gasteiger partial charge in [0.25, 0.3) is 0 Å². The zero-order valence-corrected chi connectivity index (χ0v) is 21.1. The van der Waals surface area contributed by atoms with Crippen LogP contribution < -0.4 is 10.0 Å². The van der Waals surface area contributed by atoms with Gasteiger partial charge in [-0.2, -0.15) is 4.31 Å². The van der Waals surface area contributed by atoms with Crippen molar-refractivity contribution in [3.63, 3.8) is 0 Å². The Morgan fingerprint density at radius 3 is 2.34 bits per heavy atom. The van der Waals surface area contributed by atoms with Gasteiger partial charge in [0, 0.05) is 26.2 Å². The number of piperidine rings is 1. The van der Waals surface area contributed by atoms with E-state index in [0.717, 1.165) is 16.3 Å². The second kappa shape index (κ2) is 10.4. The van der Waals surface area contributed by atoms with E-state index in [1.807, 2.05) is 31.2 Å². The molecule has 186 valence electrons. The number of rotatable bonds is 8. The second-order valence-corrected chi connectivity index (χ2v) is 12.4. The molecule has 2 N–H and O–H groups in total. The fraction of sp³-hybridized carbons (Fsp3) is 0.320. The van der Waals surface area contributed by atoms with Crippen LogP contribution in [0.3, 0.4) is 0 Å². The van der Waals surface area contributed by atoms with Gasteiger partial charge in [0.2, 0.25) is 26.0 Å². The number of nitrogens with zero attached hydrogens (tertiary/aromatic N) is 1. The standard InChI is InChI=1S/C25H29N3O5S2/c1-19-8-11-23(12-9-19)34(30,31)27-15-14-26-25(29)22-7-4-16-28(18-22)35(32,33)24-13-10-20-5-2-3-6-21(20)17-24/h2-3,5-6,8-13,17,22,27H,4,7,14-16,18H2,1H3,(H,26,29)/t22-/m0/s1. The van der Waals surface area contributed by atoms with E-state index in [1.165, 1.54) is 16.4 Å². The molecule has 35 heavy (non-hydrogen) atoms. The van der Waals surface area contributed by atoms with Crippen molar-refractivity contribution in [3.05, 3.63) is 72.3 Å². The van der Waals surface area contributed by atoms with E-state index in [9.17, 15) is 21.6 Å². The normalized spacial score (nSPS) is 17.3. The average molecular weight is 516 g/mol. The maximum Gasteiger partial charge on any atom is 0.243 e. The van der Waals surface area contributed by atoms with E-state index in [2.05, 4.69) is 10.0 Å². The minimum Gasteiger partial charge on any atom is -0.355 e. The van der Waals surface area contributed by atoms with E-state index in [4.69, 9.17) is 0 Å². The van der Waals surface area contributed by atoms with Crippen molar-refractivity contribution in [2.45, 2.75) is 29.6 Å². The van der Waals surface area contributed by atoms with Crippen LogP contribution in [0.25, 0.3) is 10.8 Å². The number of hydrogen-bond acceptors (Lipinski definition) is 5. The molecule has 1 amide bonds. The highest BCUT2D eigenvalue weighted by molar-refractivity contribution is 7.89. The molecule has 1 aliphatic rings. The number of hydrogen-bond donors (Lipinski definition) is 2. The van der Waals surface area contributed by atoms with Crippen molar-refractivity contribution in [1.29, 1.82) is 0 Å². The summed E-state index contributed by atoms with van der Waals surface area (Å²) in [5.74, 6) is -0.773. The largest absolute Gasteiger partial charge is 0.355 e. The van der Waals surface area contributed by atoms with Crippen LogP contribution in [0.2, 0.25) is 0 Å². The Bertz CT molecular complexity index is 1420. The minimum atomic E-state index is -3.74. The third-order valence-electron chi connectivity index (χ3n) is 6.16. The molecule has 1 aliphatic heterocycles. The molecule has 3 aromatic rings. The fourth-order valence-electron chi connectivity index (χ4n) is 4.17. The molecule has 4 rings (SSSR count). The lowest BCUT2D eigenvalue weighted by Gasteiger charge is -2.31. The van der Waals surface area contributed by atoms with Crippen LogP contribution in [0.1, 0.15) is 18.4 Å². The van der Waals surface area contributed by atoms with Crippen LogP contribution in [-0.4, -0.2) is 53.2 Å². The lowest BCUT2D eigenvalue weighted by molar-refractivity contribution is -0.126. The zero-order valence-electron chi connectivity index (χ0n) is 19.5. The molecule has 1 heterocycles. The van der Waals surface area contributed by atoms with Gasteiger partial charge in [0.1, 0.15) is 0 Å². The fourth-order valence-corrected chi connectivity index (χ4v) is 6.76. The molecular formula is C25H29N3O5S2. The molecule has 1 saturated heterocycles. The van der Waals surface area contributed by atoms with Gasteiger partial charge in [-0.15, -0.1) is 0 Å². The van der Waals surface area contributed by atoms with E-state index in [1.54, 1.807) is 30.3 Å².